The van der Waals surface area contributed by atoms with Crippen molar-refractivity contribution in [2.24, 2.45) is 0 Å². The third-order valence-corrected chi connectivity index (χ3v) is 5.20. The molecule has 0 radical (unpaired) electrons. The summed E-state index contributed by atoms with van der Waals surface area (Å²) in [7, 11) is 0. The van der Waals surface area contributed by atoms with Crippen molar-refractivity contribution in [1.29, 1.82) is 0 Å². The highest BCUT2D eigenvalue weighted by Crippen LogP contribution is 2.24. The van der Waals surface area contributed by atoms with Crippen LogP contribution in [0, 0.1) is 0 Å². The van der Waals surface area contributed by atoms with E-state index in [9.17, 15) is 4.79 Å². The standard InChI is InChI=1S/C26H25BrN2O3S/c1-18(2)17-32-22-11-9-21(10-12-22)28-26(33)29-25(30)23-16-20(27)8-13-24(23)31-15-14-19-6-4-3-5-7-19/h3-13,16H,1,14-15,17H2,2H3,(H2,28,29,30,33). The lowest BCUT2D eigenvalue weighted by molar-refractivity contribution is 0.0973. The smallest absolute Gasteiger partial charge is 0.261 e. The minimum absolute atomic E-state index is 0.186. The van der Waals surface area contributed by atoms with Crippen molar-refractivity contribution in [2.45, 2.75) is 13.3 Å². The number of hydrogen-bond donors (Lipinski definition) is 2. The Labute approximate surface area is 207 Å². The molecule has 0 saturated carbocycles. The van der Waals surface area contributed by atoms with Crippen LogP contribution >= 0.6 is 28.1 Å². The second kappa shape index (κ2) is 12.2. The Morgan fingerprint density at radius 2 is 1.76 bits per heavy atom. The second-order valence-corrected chi connectivity index (χ2v) is 8.73. The maximum atomic E-state index is 12.9. The van der Waals surface area contributed by atoms with Crippen molar-refractivity contribution in [2.75, 3.05) is 18.5 Å². The van der Waals surface area contributed by atoms with Gasteiger partial charge in [-0.05, 0) is 72.7 Å². The number of nitrogens with one attached hydrogen (secondary N) is 2. The quantitative estimate of drug-likeness (QED) is 0.259. The summed E-state index contributed by atoms with van der Waals surface area (Å²) in [6.45, 7) is 6.63. The number of ether oxygens (including phenoxy) is 2. The van der Waals surface area contributed by atoms with E-state index in [2.05, 4.69) is 33.1 Å². The van der Waals surface area contributed by atoms with E-state index in [0.29, 0.717) is 24.5 Å². The molecule has 0 bridgehead atoms. The van der Waals surface area contributed by atoms with Crippen molar-refractivity contribution in [1.82, 2.24) is 5.32 Å². The monoisotopic (exact) mass is 524 g/mol. The molecule has 2 N–H and O–H groups in total. The van der Waals surface area contributed by atoms with Gasteiger partial charge in [-0.15, -0.1) is 0 Å². The molecular formula is C26H25BrN2O3S. The topological polar surface area (TPSA) is 59.6 Å². The molecule has 0 aliphatic rings. The van der Waals surface area contributed by atoms with Gasteiger partial charge in [0.25, 0.3) is 5.91 Å². The zero-order valence-corrected chi connectivity index (χ0v) is 20.7. The van der Waals surface area contributed by atoms with Gasteiger partial charge in [-0.25, -0.2) is 0 Å². The molecule has 0 aliphatic heterocycles. The highest BCUT2D eigenvalue weighted by atomic mass is 79.9. The van der Waals surface area contributed by atoms with Crippen LogP contribution in [0.25, 0.3) is 0 Å². The van der Waals surface area contributed by atoms with Crippen LogP contribution in [0.5, 0.6) is 11.5 Å². The minimum Gasteiger partial charge on any atom is -0.492 e. The first-order valence-electron chi connectivity index (χ1n) is 10.4. The average molecular weight is 525 g/mol. The lowest BCUT2D eigenvalue weighted by Gasteiger charge is -2.14. The Balaban J connectivity index is 1.58. The average Bonchev–Trinajstić information content (AvgIpc) is 2.80. The molecule has 3 aromatic rings. The largest absolute Gasteiger partial charge is 0.492 e. The van der Waals surface area contributed by atoms with Crippen molar-refractivity contribution in [3.63, 3.8) is 0 Å². The first-order chi connectivity index (χ1) is 15.9. The molecule has 7 heteroatoms. The first kappa shape index (κ1) is 24.5. The van der Waals surface area contributed by atoms with E-state index in [-0.39, 0.29) is 11.0 Å². The van der Waals surface area contributed by atoms with Crippen molar-refractivity contribution >= 4 is 44.9 Å². The predicted molar refractivity (Wildman–Crippen MR) is 140 cm³/mol. The summed E-state index contributed by atoms with van der Waals surface area (Å²) in [4.78, 5) is 12.9. The van der Waals surface area contributed by atoms with Gasteiger partial charge in [0.05, 0.1) is 12.2 Å². The summed E-state index contributed by atoms with van der Waals surface area (Å²) in [5, 5.41) is 5.91. The Kier molecular flexibility index (Phi) is 9.04. The molecule has 0 saturated heterocycles. The Hall–Kier alpha value is -3.16. The Morgan fingerprint density at radius 3 is 2.45 bits per heavy atom. The molecule has 0 fully saturated rings. The third-order valence-electron chi connectivity index (χ3n) is 4.50. The Bertz CT molecular complexity index is 1120. The van der Waals surface area contributed by atoms with Crippen molar-refractivity contribution < 1.29 is 14.3 Å². The van der Waals surface area contributed by atoms with E-state index < -0.39 is 0 Å². The number of carbonyl (C=O) groups is 1. The van der Waals surface area contributed by atoms with Gasteiger partial charge < -0.3 is 14.8 Å². The summed E-state index contributed by atoms with van der Waals surface area (Å²) in [6, 6.07) is 22.7. The summed E-state index contributed by atoms with van der Waals surface area (Å²) < 4.78 is 12.3. The van der Waals surface area contributed by atoms with Crippen molar-refractivity contribution in [3.8, 4) is 11.5 Å². The van der Waals surface area contributed by atoms with Crippen LogP contribution in [-0.2, 0) is 6.42 Å². The van der Waals surface area contributed by atoms with E-state index in [1.165, 1.54) is 5.56 Å². The SMILES string of the molecule is C=C(C)COc1ccc(NC(=S)NC(=O)c2cc(Br)ccc2OCCc2ccccc2)cc1. The normalized spacial score (nSPS) is 10.2. The molecule has 5 nitrogen and oxygen atoms in total. The van der Waals surface area contributed by atoms with Crippen LogP contribution in [0.15, 0.2) is 89.4 Å². The number of carbonyl (C=O) groups excluding carboxylic acids is 1. The fourth-order valence-electron chi connectivity index (χ4n) is 2.90. The van der Waals surface area contributed by atoms with Gasteiger partial charge in [-0.1, -0.05) is 52.8 Å². The molecule has 0 heterocycles. The predicted octanol–water partition coefficient (Wildman–Crippen LogP) is 6.15. The number of hydrogen-bond acceptors (Lipinski definition) is 4. The molecule has 0 aromatic heterocycles. The van der Waals surface area contributed by atoms with E-state index in [1.54, 1.807) is 12.1 Å². The van der Waals surface area contributed by atoms with Crippen LogP contribution < -0.4 is 20.1 Å². The van der Waals surface area contributed by atoms with Crippen LogP contribution in [0.1, 0.15) is 22.8 Å². The molecule has 170 valence electrons. The number of benzene rings is 3. The number of amides is 1. The molecule has 3 aromatic carbocycles. The first-order valence-corrected chi connectivity index (χ1v) is 11.6. The van der Waals surface area contributed by atoms with Gasteiger partial charge in [0.15, 0.2) is 5.11 Å². The number of rotatable bonds is 9. The van der Waals surface area contributed by atoms with E-state index in [1.807, 2.05) is 67.6 Å². The van der Waals surface area contributed by atoms with E-state index in [0.717, 1.165) is 27.9 Å². The van der Waals surface area contributed by atoms with Gasteiger partial charge in [0, 0.05) is 16.6 Å². The van der Waals surface area contributed by atoms with E-state index in [4.69, 9.17) is 21.7 Å². The molecule has 3 rings (SSSR count). The van der Waals surface area contributed by atoms with Crippen LogP contribution in [-0.4, -0.2) is 24.2 Å². The minimum atomic E-state index is -0.357. The second-order valence-electron chi connectivity index (χ2n) is 7.40. The maximum absolute atomic E-state index is 12.9. The molecular weight excluding hydrogens is 500 g/mol. The van der Waals surface area contributed by atoms with E-state index >= 15 is 0 Å². The fraction of sp³-hybridized carbons (Fsp3) is 0.154. The summed E-state index contributed by atoms with van der Waals surface area (Å²) in [5.41, 5.74) is 3.24. The van der Waals surface area contributed by atoms with Gasteiger partial charge >= 0.3 is 0 Å². The lowest BCUT2D eigenvalue weighted by Crippen LogP contribution is -2.34. The zero-order chi connectivity index (χ0) is 23.6. The van der Waals surface area contributed by atoms with Gasteiger partial charge in [-0.3, -0.25) is 10.1 Å². The third kappa shape index (κ3) is 8.04. The van der Waals surface area contributed by atoms with Gasteiger partial charge in [0.2, 0.25) is 0 Å². The number of anilines is 1. The molecule has 0 unspecified atom stereocenters. The molecule has 1 amide bonds. The summed E-state index contributed by atoms with van der Waals surface area (Å²) in [5.74, 6) is 0.864. The summed E-state index contributed by atoms with van der Waals surface area (Å²) >= 11 is 8.74. The van der Waals surface area contributed by atoms with Gasteiger partial charge in [0.1, 0.15) is 18.1 Å². The lowest BCUT2D eigenvalue weighted by atomic mass is 10.1. The van der Waals surface area contributed by atoms with Crippen molar-refractivity contribution in [3.05, 3.63) is 101 Å². The molecule has 0 aliphatic carbocycles. The fourth-order valence-corrected chi connectivity index (χ4v) is 3.47. The molecule has 0 spiro atoms. The number of thiocarbonyl (C=S) groups is 1. The van der Waals surface area contributed by atoms with Crippen LogP contribution in [0.2, 0.25) is 0 Å². The highest BCUT2D eigenvalue weighted by molar-refractivity contribution is 9.10. The zero-order valence-electron chi connectivity index (χ0n) is 18.3. The maximum Gasteiger partial charge on any atom is 0.261 e. The van der Waals surface area contributed by atoms with Crippen LogP contribution in [0.3, 0.4) is 0 Å². The van der Waals surface area contributed by atoms with Gasteiger partial charge in [-0.2, -0.15) is 0 Å². The molecule has 0 atom stereocenters. The number of halogens is 1. The van der Waals surface area contributed by atoms with Crippen LogP contribution in [0.4, 0.5) is 5.69 Å². The highest BCUT2D eigenvalue weighted by Gasteiger charge is 2.15. The summed E-state index contributed by atoms with van der Waals surface area (Å²) in [6.07, 6.45) is 0.740. The Morgan fingerprint density at radius 1 is 1.03 bits per heavy atom. The molecule has 33 heavy (non-hydrogen) atoms.